The lowest BCUT2D eigenvalue weighted by atomic mass is 10.2. The van der Waals surface area contributed by atoms with Gasteiger partial charge < -0.3 is 14.2 Å². The van der Waals surface area contributed by atoms with Crippen LogP contribution in [0.5, 0.6) is 11.5 Å². The van der Waals surface area contributed by atoms with Gasteiger partial charge in [0.1, 0.15) is 16.5 Å². The molecule has 3 aromatic rings. The summed E-state index contributed by atoms with van der Waals surface area (Å²) < 4.78 is 17.0. The Balaban J connectivity index is 2.03. The van der Waals surface area contributed by atoms with Crippen LogP contribution in [0, 0.1) is 0 Å². The molecule has 0 atom stereocenters. The van der Waals surface area contributed by atoms with Crippen LogP contribution in [0.3, 0.4) is 0 Å². The highest BCUT2D eigenvalue weighted by Gasteiger charge is 2.34. The second-order valence-corrected chi connectivity index (χ2v) is 9.59. The third-order valence-corrected chi connectivity index (χ3v) is 6.34. The molecule has 0 aliphatic rings. The number of benzene rings is 3. The summed E-state index contributed by atoms with van der Waals surface area (Å²) in [5.74, 6) is 0.723. The molecule has 0 saturated heterocycles. The Bertz CT molecular complexity index is 926. The minimum absolute atomic E-state index is 0.189. The third-order valence-electron chi connectivity index (χ3n) is 4.09. The van der Waals surface area contributed by atoms with Crippen molar-refractivity contribution in [3.63, 3.8) is 0 Å². The van der Waals surface area contributed by atoms with Gasteiger partial charge in [0.05, 0.1) is 7.11 Å². The lowest BCUT2D eigenvalue weighted by Crippen LogP contribution is -2.27. The third kappa shape index (κ3) is 5.57. The zero-order chi connectivity index (χ0) is 21.6. The van der Waals surface area contributed by atoms with Crippen LogP contribution in [-0.4, -0.2) is 25.3 Å². The standard InChI is InChI=1S/C25H27O4S/c1-25(2,3)29-23(26)18-28-24-21(27-4)16-11-17-22(24)30(19-12-7-5-8-13-19)20-14-9-6-10-15-20/h5-17H,18H2,1-4H3/q+1. The Morgan fingerprint density at radius 3 is 1.90 bits per heavy atom. The van der Waals surface area contributed by atoms with Crippen LogP contribution in [0.2, 0.25) is 0 Å². The van der Waals surface area contributed by atoms with Crippen molar-refractivity contribution in [3.05, 3.63) is 78.9 Å². The van der Waals surface area contributed by atoms with Crippen LogP contribution >= 0.6 is 0 Å². The molecule has 0 amide bonds. The zero-order valence-corrected chi connectivity index (χ0v) is 18.6. The summed E-state index contributed by atoms with van der Waals surface area (Å²) in [6.07, 6.45) is 0. The van der Waals surface area contributed by atoms with Crippen LogP contribution in [0.1, 0.15) is 20.8 Å². The van der Waals surface area contributed by atoms with Crippen LogP contribution < -0.4 is 9.47 Å². The van der Waals surface area contributed by atoms with Crippen LogP contribution in [0.4, 0.5) is 0 Å². The average Bonchev–Trinajstić information content (AvgIpc) is 2.73. The van der Waals surface area contributed by atoms with Crippen molar-refractivity contribution in [2.45, 2.75) is 41.1 Å². The van der Waals surface area contributed by atoms with Gasteiger partial charge in [0.2, 0.25) is 10.6 Å². The first-order chi connectivity index (χ1) is 14.4. The van der Waals surface area contributed by atoms with Gasteiger partial charge in [-0.15, -0.1) is 0 Å². The minimum Gasteiger partial charge on any atom is -0.493 e. The molecule has 0 radical (unpaired) electrons. The Morgan fingerprint density at radius 1 is 0.833 bits per heavy atom. The van der Waals surface area contributed by atoms with Crippen molar-refractivity contribution in [2.75, 3.05) is 13.7 Å². The van der Waals surface area contributed by atoms with E-state index in [1.165, 1.54) is 0 Å². The Kier molecular flexibility index (Phi) is 7.06. The molecule has 0 aliphatic carbocycles. The predicted octanol–water partition coefficient (Wildman–Crippen LogP) is 5.51. The first kappa shape index (κ1) is 21.8. The molecule has 0 fully saturated rings. The highest BCUT2D eigenvalue weighted by atomic mass is 32.2. The number of methoxy groups -OCH3 is 1. The van der Waals surface area contributed by atoms with Gasteiger partial charge in [0.15, 0.2) is 22.1 Å². The maximum Gasteiger partial charge on any atom is 0.344 e. The second-order valence-electron chi connectivity index (χ2n) is 7.59. The number of rotatable bonds is 7. The van der Waals surface area contributed by atoms with E-state index in [0.717, 1.165) is 14.7 Å². The van der Waals surface area contributed by atoms with Crippen molar-refractivity contribution < 1.29 is 19.0 Å². The van der Waals surface area contributed by atoms with Crippen molar-refractivity contribution in [1.29, 1.82) is 0 Å². The van der Waals surface area contributed by atoms with E-state index in [9.17, 15) is 4.79 Å². The molecule has 5 heteroatoms. The summed E-state index contributed by atoms with van der Waals surface area (Å²) in [4.78, 5) is 15.5. The van der Waals surface area contributed by atoms with E-state index in [0.29, 0.717) is 11.5 Å². The molecule has 0 spiro atoms. The highest BCUT2D eigenvalue weighted by Crippen LogP contribution is 2.41. The van der Waals surface area contributed by atoms with Crippen LogP contribution in [-0.2, 0) is 20.4 Å². The molecule has 0 bridgehead atoms. The largest absolute Gasteiger partial charge is 0.493 e. The number of ether oxygens (including phenoxy) is 3. The molecular weight excluding hydrogens is 396 g/mol. The van der Waals surface area contributed by atoms with E-state index in [-0.39, 0.29) is 6.61 Å². The molecule has 0 heterocycles. The summed E-state index contributed by atoms with van der Waals surface area (Å²) in [6.45, 7) is 5.32. The summed E-state index contributed by atoms with van der Waals surface area (Å²) in [5.41, 5.74) is -0.567. The fourth-order valence-electron chi connectivity index (χ4n) is 2.96. The average molecular weight is 424 g/mol. The summed E-state index contributed by atoms with van der Waals surface area (Å²) >= 11 is 0. The minimum atomic E-state index is -0.567. The lowest BCUT2D eigenvalue weighted by molar-refractivity contribution is -0.157. The molecule has 0 N–H and O–H groups in total. The fraction of sp³-hybridized carbons (Fsp3) is 0.240. The fourth-order valence-corrected chi connectivity index (χ4v) is 5.16. The molecule has 0 aliphatic heterocycles. The Hall–Kier alpha value is -2.92. The monoisotopic (exact) mass is 423 g/mol. The van der Waals surface area contributed by atoms with Crippen molar-refractivity contribution in [2.24, 2.45) is 0 Å². The van der Waals surface area contributed by atoms with Gasteiger partial charge >= 0.3 is 5.97 Å². The van der Waals surface area contributed by atoms with E-state index in [1.807, 2.05) is 75.4 Å². The van der Waals surface area contributed by atoms with E-state index < -0.39 is 22.5 Å². The molecule has 3 aromatic carbocycles. The summed E-state index contributed by atoms with van der Waals surface area (Å²) in [6, 6.07) is 26.3. The van der Waals surface area contributed by atoms with Gasteiger partial charge in [0, 0.05) is 0 Å². The Morgan fingerprint density at radius 2 is 1.40 bits per heavy atom. The first-order valence-electron chi connectivity index (χ1n) is 9.75. The molecule has 0 aromatic heterocycles. The number of carbonyl (C=O) groups excluding carboxylic acids is 1. The SMILES string of the molecule is COc1cccc([S+](c2ccccc2)c2ccccc2)c1OCC(=O)OC(C)(C)C. The Labute approximate surface area is 181 Å². The van der Waals surface area contributed by atoms with Crippen molar-refractivity contribution in [3.8, 4) is 11.5 Å². The molecule has 0 unspecified atom stereocenters. The number of carbonyl (C=O) groups is 1. The molecule has 4 nitrogen and oxygen atoms in total. The highest BCUT2D eigenvalue weighted by molar-refractivity contribution is 7.97. The lowest BCUT2D eigenvalue weighted by Gasteiger charge is -2.20. The van der Waals surface area contributed by atoms with E-state index in [4.69, 9.17) is 14.2 Å². The van der Waals surface area contributed by atoms with Gasteiger partial charge in [-0.05, 0) is 57.2 Å². The van der Waals surface area contributed by atoms with Gasteiger partial charge in [-0.3, -0.25) is 0 Å². The van der Waals surface area contributed by atoms with E-state index in [2.05, 4.69) is 24.3 Å². The quantitative estimate of drug-likeness (QED) is 0.371. The van der Waals surface area contributed by atoms with Gasteiger partial charge in [-0.1, -0.05) is 42.5 Å². The molecule has 0 saturated carbocycles. The van der Waals surface area contributed by atoms with Crippen LogP contribution in [0.15, 0.2) is 93.5 Å². The molecule has 156 valence electrons. The number of esters is 1. The van der Waals surface area contributed by atoms with Gasteiger partial charge in [-0.2, -0.15) is 0 Å². The molecule has 30 heavy (non-hydrogen) atoms. The topological polar surface area (TPSA) is 44.8 Å². The summed E-state index contributed by atoms with van der Waals surface area (Å²) in [7, 11) is 1.17. The summed E-state index contributed by atoms with van der Waals surface area (Å²) in [5, 5.41) is 0. The number of hydrogen-bond donors (Lipinski definition) is 0. The normalized spacial score (nSPS) is 11.2. The van der Waals surface area contributed by atoms with Crippen molar-refractivity contribution in [1.82, 2.24) is 0 Å². The number of para-hydroxylation sites is 1. The maximum absolute atomic E-state index is 12.3. The van der Waals surface area contributed by atoms with E-state index in [1.54, 1.807) is 7.11 Å². The van der Waals surface area contributed by atoms with Gasteiger partial charge in [0.25, 0.3) is 0 Å². The van der Waals surface area contributed by atoms with Crippen molar-refractivity contribution >= 4 is 16.9 Å². The smallest absolute Gasteiger partial charge is 0.344 e. The van der Waals surface area contributed by atoms with Crippen LogP contribution in [0.25, 0.3) is 0 Å². The number of hydrogen-bond acceptors (Lipinski definition) is 4. The molecular formula is C25H27O4S+. The van der Waals surface area contributed by atoms with Gasteiger partial charge in [-0.25, -0.2) is 4.79 Å². The second kappa shape index (κ2) is 9.72. The maximum atomic E-state index is 12.3. The predicted molar refractivity (Wildman–Crippen MR) is 119 cm³/mol. The first-order valence-corrected chi connectivity index (χ1v) is 11.0. The zero-order valence-electron chi connectivity index (χ0n) is 17.8. The molecule has 3 rings (SSSR count). The van der Waals surface area contributed by atoms with E-state index >= 15 is 0 Å².